The highest BCUT2D eigenvalue weighted by Gasteiger charge is 2.27. The molecular formula is C10H8BrF4NOS. The van der Waals surface area contributed by atoms with Crippen LogP contribution in [0.3, 0.4) is 0 Å². The Morgan fingerprint density at radius 3 is 2.67 bits per heavy atom. The summed E-state index contributed by atoms with van der Waals surface area (Å²) in [7, 11) is 0. The molecule has 0 aliphatic carbocycles. The van der Waals surface area contributed by atoms with Crippen molar-refractivity contribution in [3.63, 3.8) is 0 Å². The average Bonchev–Trinajstić information content (AvgIpc) is 2.26. The van der Waals surface area contributed by atoms with Crippen molar-refractivity contribution >= 4 is 33.6 Å². The third kappa shape index (κ3) is 5.26. The van der Waals surface area contributed by atoms with E-state index in [4.69, 9.17) is 0 Å². The first-order chi connectivity index (χ1) is 8.29. The fourth-order valence-electron chi connectivity index (χ4n) is 1.10. The summed E-state index contributed by atoms with van der Waals surface area (Å²) in [5.74, 6) is -1.50. The molecule has 0 unspecified atom stereocenters. The van der Waals surface area contributed by atoms with Gasteiger partial charge in [0.25, 0.3) is 5.91 Å². The Kier molecular flexibility index (Phi) is 5.46. The number of hydrogen-bond donors (Lipinski definition) is 1. The van der Waals surface area contributed by atoms with Crippen LogP contribution < -0.4 is 5.32 Å². The number of nitrogens with one attached hydrogen (secondary N) is 1. The van der Waals surface area contributed by atoms with Crippen molar-refractivity contribution in [1.29, 1.82) is 0 Å². The molecule has 2 nitrogen and oxygen atoms in total. The maximum atomic E-state index is 12.9. The molecule has 1 aromatic rings. The minimum absolute atomic E-state index is 0.0482. The van der Waals surface area contributed by atoms with Gasteiger partial charge < -0.3 is 5.32 Å². The van der Waals surface area contributed by atoms with Crippen LogP contribution in [0.4, 0.5) is 17.6 Å². The molecule has 0 radical (unpaired) electrons. The molecule has 8 heteroatoms. The molecule has 1 rings (SSSR count). The van der Waals surface area contributed by atoms with Crippen molar-refractivity contribution in [3.8, 4) is 0 Å². The Labute approximate surface area is 113 Å². The number of halogens is 5. The van der Waals surface area contributed by atoms with Crippen LogP contribution in [0.1, 0.15) is 10.4 Å². The Bertz CT molecular complexity index is 438. The van der Waals surface area contributed by atoms with E-state index in [0.29, 0.717) is 4.47 Å². The van der Waals surface area contributed by atoms with E-state index < -0.39 is 17.2 Å². The van der Waals surface area contributed by atoms with Gasteiger partial charge in [-0.3, -0.25) is 4.79 Å². The second-order valence-corrected chi connectivity index (χ2v) is 5.19. The van der Waals surface area contributed by atoms with Gasteiger partial charge in [-0.25, -0.2) is 4.39 Å². The molecule has 0 aromatic heterocycles. The smallest absolute Gasteiger partial charge is 0.351 e. The summed E-state index contributed by atoms with van der Waals surface area (Å²) in [6, 6.07) is 3.53. The zero-order chi connectivity index (χ0) is 13.8. The van der Waals surface area contributed by atoms with E-state index in [1.807, 2.05) is 0 Å². The maximum Gasteiger partial charge on any atom is 0.441 e. The van der Waals surface area contributed by atoms with E-state index in [9.17, 15) is 22.4 Å². The van der Waals surface area contributed by atoms with Crippen molar-refractivity contribution in [2.75, 3.05) is 12.3 Å². The van der Waals surface area contributed by atoms with Crippen molar-refractivity contribution < 1.29 is 22.4 Å². The number of carbonyl (C=O) groups is 1. The number of alkyl halides is 3. The van der Waals surface area contributed by atoms with Gasteiger partial charge in [-0.15, -0.1) is 0 Å². The summed E-state index contributed by atoms with van der Waals surface area (Å²) in [4.78, 5) is 11.5. The van der Waals surface area contributed by atoms with Crippen LogP contribution in [0.2, 0.25) is 0 Å². The fourth-order valence-corrected chi connectivity index (χ4v) is 1.96. The second-order valence-electron chi connectivity index (χ2n) is 3.17. The predicted molar refractivity (Wildman–Crippen MR) is 64.9 cm³/mol. The third-order valence-electron chi connectivity index (χ3n) is 1.83. The standard InChI is InChI=1S/C10H8BrF4NOS/c11-8-2-1-6(12)5-7(8)9(17)16-3-4-18-10(13,14)15/h1-2,5H,3-4H2,(H,16,17). The van der Waals surface area contributed by atoms with Crippen molar-refractivity contribution in [1.82, 2.24) is 5.32 Å². The first-order valence-corrected chi connectivity index (χ1v) is 6.51. The lowest BCUT2D eigenvalue weighted by atomic mass is 10.2. The van der Waals surface area contributed by atoms with Gasteiger partial charge in [0.1, 0.15) is 5.82 Å². The predicted octanol–water partition coefficient (Wildman–Crippen LogP) is 3.57. The minimum atomic E-state index is -4.32. The Morgan fingerprint density at radius 1 is 1.39 bits per heavy atom. The van der Waals surface area contributed by atoms with E-state index in [0.717, 1.165) is 6.07 Å². The van der Waals surface area contributed by atoms with Crippen molar-refractivity contribution in [2.45, 2.75) is 5.51 Å². The highest BCUT2D eigenvalue weighted by Crippen LogP contribution is 2.29. The van der Waals surface area contributed by atoms with Crippen LogP contribution in [0.5, 0.6) is 0 Å². The third-order valence-corrected chi connectivity index (χ3v) is 3.25. The van der Waals surface area contributed by atoms with Gasteiger partial charge >= 0.3 is 5.51 Å². The van der Waals surface area contributed by atoms with Crippen LogP contribution in [0, 0.1) is 5.82 Å². The molecule has 100 valence electrons. The van der Waals surface area contributed by atoms with Gasteiger partial charge in [-0.2, -0.15) is 13.2 Å². The normalized spacial score (nSPS) is 11.4. The second kappa shape index (κ2) is 6.42. The molecular weight excluding hydrogens is 338 g/mol. The number of hydrogen-bond acceptors (Lipinski definition) is 2. The van der Waals surface area contributed by atoms with E-state index in [-0.39, 0.29) is 29.6 Å². The molecule has 1 N–H and O–H groups in total. The Morgan fingerprint density at radius 2 is 2.06 bits per heavy atom. The number of rotatable bonds is 4. The van der Waals surface area contributed by atoms with Crippen LogP contribution in [0.25, 0.3) is 0 Å². The minimum Gasteiger partial charge on any atom is -0.351 e. The monoisotopic (exact) mass is 345 g/mol. The molecule has 1 aromatic carbocycles. The SMILES string of the molecule is O=C(NCCSC(F)(F)F)c1cc(F)ccc1Br. The van der Waals surface area contributed by atoms with Gasteiger partial charge in [0.15, 0.2) is 0 Å². The van der Waals surface area contributed by atoms with Crippen LogP contribution in [-0.2, 0) is 0 Å². The first-order valence-electron chi connectivity index (χ1n) is 4.73. The molecule has 0 aliphatic heterocycles. The van der Waals surface area contributed by atoms with Crippen molar-refractivity contribution in [2.24, 2.45) is 0 Å². The number of thioether (sulfide) groups is 1. The first kappa shape index (κ1) is 15.3. The lowest BCUT2D eigenvalue weighted by Crippen LogP contribution is -2.26. The molecule has 18 heavy (non-hydrogen) atoms. The zero-order valence-corrected chi connectivity index (χ0v) is 11.3. The molecule has 0 fully saturated rings. The highest BCUT2D eigenvalue weighted by atomic mass is 79.9. The van der Waals surface area contributed by atoms with E-state index >= 15 is 0 Å². The van der Waals surface area contributed by atoms with E-state index in [1.54, 1.807) is 0 Å². The summed E-state index contributed by atoms with van der Waals surface area (Å²) >= 11 is 2.84. The van der Waals surface area contributed by atoms with Gasteiger partial charge in [0, 0.05) is 16.8 Å². The van der Waals surface area contributed by atoms with Gasteiger partial charge in [-0.05, 0) is 45.9 Å². The average molecular weight is 346 g/mol. The molecule has 0 aliphatic rings. The summed E-state index contributed by atoms with van der Waals surface area (Å²) < 4.78 is 48.7. The summed E-state index contributed by atoms with van der Waals surface area (Å²) in [6.07, 6.45) is 0. The van der Waals surface area contributed by atoms with E-state index in [1.165, 1.54) is 12.1 Å². The molecule has 0 bridgehead atoms. The highest BCUT2D eigenvalue weighted by molar-refractivity contribution is 9.10. The Balaban J connectivity index is 2.48. The summed E-state index contributed by atoms with van der Waals surface area (Å²) in [6.45, 7) is -0.147. The largest absolute Gasteiger partial charge is 0.441 e. The maximum absolute atomic E-state index is 12.9. The number of carbonyl (C=O) groups excluding carboxylic acids is 1. The lowest BCUT2D eigenvalue weighted by molar-refractivity contribution is -0.0327. The molecule has 0 saturated heterocycles. The molecule has 0 atom stereocenters. The molecule has 0 spiro atoms. The number of amides is 1. The van der Waals surface area contributed by atoms with Crippen molar-refractivity contribution in [3.05, 3.63) is 34.1 Å². The van der Waals surface area contributed by atoms with Crippen LogP contribution in [-0.4, -0.2) is 23.7 Å². The topological polar surface area (TPSA) is 29.1 Å². The van der Waals surface area contributed by atoms with Crippen LogP contribution in [0.15, 0.2) is 22.7 Å². The zero-order valence-electron chi connectivity index (χ0n) is 8.85. The summed E-state index contributed by atoms with van der Waals surface area (Å²) in [5.41, 5.74) is -4.27. The van der Waals surface area contributed by atoms with Gasteiger partial charge in [0.2, 0.25) is 0 Å². The quantitative estimate of drug-likeness (QED) is 0.667. The fraction of sp³-hybridized carbons (Fsp3) is 0.300. The van der Waals surface area contributed by atoms with E-state index in [2.05, 4.69) is 21.2 Å². The molecule has 0 heterocycles. The van der Waals surface area contributed by atoms with Crippen LogP contribution >= 0.6 is 27.7 Å². The summed E-state index contributed by atoms with van der Waals surface area (Å²) in [5, 5.41) is 2.28. The van der Waals surface area contributed by atoms with Gasteiger partial charge in [0.05, 0.1) is 5.56 Å². The lowest BCUT2D eigenvalue weighted by Gasteiger charge is -2.08. The number of benzene rings is 1. The molecule has 1 amide bonds. The molecule has 0 saturated carbocycles. The Hall–Kier alpha value is -0.760. The van der Waals surface area contributed by atoms with Gasteiger partial charge in [-0.1, -0.05) is 0 Å².